The van der Waals surface area contributed by atoms with Crippen LogP contribution in [0.5, 0.6) is 23.1 Å². The number of aromatic amines is 1. The van der Waals surface area contributed by atoms with Crippen LogP contribution in [-0.4, -0.2) is 76.4 Å². The fourth-order valence-corrected chi connectivity index (χ4v) is 4.82. The number of hydrogen-bond donors (Lipinski definition) is 2. The predicted octanol–water partition coefficient (Wildman–Crippen LogP) is 3.86. The first-order valence-electron chi connectivity index (χ1n) is 13.3. The highest BCUT2D eigenvalue weighted by Gasteiger charge is 2.26. The molecule has 5 aromatic rings. The monoisotopic (exact) mass is 619 g/mol. The van der Waals surface area contributed by atoms with Crippen LogP contribution in [0.2, 0.25) is 0 Å². The molecule has 228 valence electrons. The molecule has 16 heteroatoms. The van der Waals surface area contributed by atoms with Gasteiger partial charge in [0.25, 0.3) is 15.9 Å². The molecule has 1 aromatic carbocycles. The van der Waals surface area contributed by atoms with Crippen LogP contribution >= 0.6 is 0 Å². The first kappa shape index (κ1) is 30.2. The van der Waals surface area contributed by atoms with E-state index in [-0.39, 0.29) is 59.0 Å². The number of aromatic nitrogens is 8. The lowest BCUT2D eigenvalue weighted by molar-refractivity contribution is 0.142. The Balaban J connectivity index is 1.65. The van der Waals surface area contributed by atoms with Crippen molar-refractivity contribution in [3.8, 4) is 46.0 Å². The number of para-hydroxylation sites is 2. The smallest absolute Gasteiger partial charge is 0.280 e. The van der Waals surface area contributed by atoms with Crippen molar-refractivity contribution in [3.63, 3.8) is 0 Å². The number of nitrogens with one attached hydrogen (secondary N) is 2. The number of tetrazole rings is 1. The third-order valence-electron chi connectivity index (χ3n) is 6.17. The van der Waals surface area contributed by atoms with Gasteiger partial charge in [0, 0.05) is 25.1 Å². The molecule has 0 aliphatic rings. The summed E-state index contributed by atoms with van der Waals surface area (Å²) in [4.78, 5) is 17.6. The number of H-pyrrole nitrogens is 1. The van der Waals surface area contributed by atoms with Gasteiger partial charge in [0.05, 0.1) is 13.7 Å². The molecule has 15 nitrogen and oxygen atoms in total. The van der Waals surface area contributed by atoms with E-state index in [2.05, 4.69) is 45.3 Å². The molecule has 0 radical (unpaired) electrons. The first-order chi connectivity index (χ1) is 21.3. The lowest BCUT2D eigenvalue weighted by Gasteiger charge is -2.18. The summed E-state index contributed by atoms with van der Waals surface area (Å²) in [5.41, 5.74) is 1.73. The van der Waals surface area contributed by atoms with Gasteiger partial charge in [0.2, 0.25) is 11.6 Å². The van der Waals surface area contributed by atoms with Crippen molar-refractivity contribution in [3.05, 3.63) is 66.5 Å². The van der Waals surface area contributed by atoms with Crippen molar-refractivity contribution in [2.45, 2.75) is 24.8 Å². The summed E-state index contributed by atoms with van der Waals surface area (Å²) in [5, 5.41) is 13.7. The SMILES string of the molecule is COCCOc1nc(-c2ccnc(-c3nn[nH]n3)c2)nc(NS(=O)(=O)c2ccc(C(C)C)cn2)c1Oc1ccccc1OC. The molecule has 4 heterocycles. The van der Waals surface area contributed by atoms with Crippen LogP contribution in [0.1, 0.15) is 25.3 Å². The van der Waals surface area contributed by atoms with Gasteiger partial charge in [0.15, 0.2) is 28.2 Å². The topological polar surface area (TPSA) is 189 Å². The highest BCUT2D eigenvalue weighted by Crippen LogP contribution is 2.41. The minimum Gasteiger partial charge on any atom is -0.493 e. The number of benzene rings is 1. The Labute approximate surface area is 253 Å². The number of methoxy groups -OCH3 is 2. The summed E-state index contributed by atoms with van der Waals surface area (Å²) in [7, 11) is -1.25. The summed E-state index contributed by atoms with van der Waals surface area (Å²) in [6.45, 7) is 4.27. The number of ether oxygens (including phenoxy) is 4. The van der Waals surface area contributed by atoms with Crippen LogP contribution in [0.25, 0.3) is 22.9 Å². The molecular formula is C28H29N9O6S. The number of rotatable bonds is 13. The van der Waals surface area contributed by atoms with Crippen molar-refractivity contribution >= 4 is 15.8 Å². The Morgan fingerprint density at radius 3 is 2.45 bits per heavy atom. The summed E-state index contributed by atoms with van der Waals surface area (Å²) >= 11 is 0. The highest BCUT2D eigenvalue weighted by atomic mass is 32.2. The van der Waals surface area contributed by atoms with E-state index in [4.69, 9.17) is 18.9 Å². The van der Waals surface area contributed by atoms with Crippen LogP contribution in [0.4, 0.5) is 5.82 Å². The summed E-state index contributed by atoms with van der Waals surface area (Å²) in [6.07, 6.45) is 3.03. The van der Waals surface area contributed by atoms with Crippen molar-refractivity contribution in [1.29, 1.82) is 0 Å². The lowest BCUT2D eigenvalue weighted by Crippen LogP contribution is -2.17. The second-order valence-electron chi connectivity index (χ2n) is 9.48. The minimum absolute atomic E-state index is 0.0586. The second kappa shape index (κ2) is 13.4. The number of hydrogen-bond acceptors (Lipinski definition) is 13. The van der Waals surface area contributed by atoms with Gasteiger partial charge in [-0.2, -0.15) is 18.6 Å². The molecular weight excluding hydrogens is 590 g/mol. The zero-order valence-corrected chi connectivity index (χ0v) is 25.1. The molecule has 0 spiro atoms. The van der Waals surface area contributed by atoms with E-state index in [1.54, 1.807) is 42.5 Å². The summed E-state index contributed by atoms with van der Waals surface area (Å²) in [6, 6.07) is 13.2. The molecule has 0 aliphatic heterocycles. The van der Waals surface area contributed by atoms with Crippen molar-refractivity contribution < 1.29 is 27.4 Å². The highest BCUT2D eigenvalue weighted by molar-refractivity contribution is 7.92. The fraction of sp³-hybridized carbons (Fsp3) is 0.250. The molecule has 0 amide bonds. The Morgan fingerprint density at radius 1 is 0.955 bits per heavy atom. The normalized spacial score (nSPS) is 11.4. The van der Waals surface area contributed by atoms with E-state index in [1.807, 2.05) is 13.8 Å². The number of sulfonamides is 1. The van der Waals surface area contributed by atoms with Crippen molar-refractivity contribution in [2.24, 2.45) is 0 Å². The average molecular weight is 620 g/mol. The molecule has 0 unspecified atom stereocenters. The van der Waals surface area contributed by atoms with E-state index in [9.17, 15) is 8.42 Å². The van der Waals surface area contributed by atoms with E-state index >= 15 is 0 Å². The van der Waals surface area contributed by atoms with E-state index in [0.717, 1.165) is 5.56 Å². The third-order valence-corrected chi connectivity index (χ3v) is 7.42. The maximum absolute atomic E-state index is 13.6. The maximum Gasteiger partial charge on any atom is 0.280 e. The van der Waals surface area contributed by atoms with Gasteiger partial charge in [-0.05, 0) is 47.0 Å². The number of nitrogens with zero attached hydrogens (tertiary/aromatic N) is 7. The molecule has 0 aliphatic carbocycles. The molecule has 0 saturated heterocycles. The minimum atomic E-state index is -4.26. The second-order valence-corrected chi connectivity index (χ2v) is 11.1. The number of pyridine rings is 2. The lowest BCUT2D eigenvalue weighted by atomic mass is 10.1. The van der Waals surface area contributed by atoms with E-state index in [0.29, 0.717) is 17.0 Å². The summed E-state index contributed by atoms with van der Waals surface area (Å²) in [5.74, 6) is 0.794. The van der Waals surface area contributed by atoms with Crippen LogP contribution in [0, 0.1) is 0 Å². The van der Waals surface area contributed by atoms with Gasteiger partial charge in [-0.15, -0.1) is 10.2 Å². The predicted molar refractivity (Wildman–Crippen MR) is 158 cm³/mol. The quantitative estimate of drug-likeness (QED) is 0.181. The Kier molecular flexibility index (Phi) is 9.20. The van der Waals surface area contributed by atoms with Crippen molar-refractivity contribution in [1.82, 2.24) is 40.6 Å². The molecule has 4 aromatic heterocycles. The fourth-order valence-electron chi connectivity index (χ4n) is 3.89. The molecule has 0 saturated carbocycles. The van der Waals surface area contributed by atoms with Crippen LogP contribution < -0.4 is 18.9 Å². The standard InChI is InChI=1S/C28H29N9O6S/c1-17(2)19-9-10-23(30-16-19)44(38,39)35-27-24(43-22-8-6-5-7-21(22)41-4)28(42-14-13-40-3)32-25(31-27)18-11-12-29-20(15-18)26-33-36-37-34-26/h5-12,15-17H,13-14H2,1-4H3,(H,31,32,35)(H,33,34,36,37). The van der Waals surface area contributed by atoms with E-state index < -0.39 is 10.0 Å². The van der Waals surface area contributed by atoms with Crippen molar-refractivity contribution in [2.75, 3.05) is 32.2 Å². The Hall–Kier alpha value is -5.22. The van der Waals surface area contributed by atoms with E-state index in [1.165, 1.54) is 32.7 Å². The Bertz CT molecular complexity index is 1820. The van der Waals surface area contributed by atoms with Gasteiger partial charge in [0.1, 0.15) is 12.3 Å². The van der Waals surface area contributed by atoms with Gasteiger partial charge in [-0.25, -0.2) is 9.97 Å². The largest absolute Gasteiger partial charge is 0.493 e. The van der Waals surface area contributed by atoms with Crippen LogP contribution in [0.3, 0.4) is 0 Å². The zero-order chi connectivity index (χ0) is 31.1. The molecule has 5 rings (SSSR count). The first-order valence-corrected chi connectivity index (χ1v) is 14.8. The van der Waals surface area contributed by atoms with Crippen LogP contribution in [-0.2, 0) is 14.8 Å². The average Bonchev–Trinajstić information content (AvgIpc) is 3.58. The van der Waals surface area contributed by atoms with Gasteiger partial charge >= 0.3 is 0 Å². The summed E-state index contributed by atoms with van der Waals surface area (Å²) < 4.78 is 52.5. The molecule has 44 heavy (non-hydrogen) atoms. The zero-order valence-electron chi connectivity index (χ0n) is 24.3. The molecule has 0 atom stereocenters. The Morgan fingerprint density at radius 2 is 1.77 bits per heavy atom. The maximum atomic E-state index is 13.6. The van der Waals surface area contributed by atoms with Gasteiger partial charge in [-0.3, -0.25) is 9.71 Å². The molecule has 0 fully saturated rings. The van der Waals surface area contributed by atoms with Crippen LogP contribution in [0.15, 0.2) is 66.0 Å². The molecule has 0 bridgehead atoms. The number of anilines is 1. The third kappa shape index (κ3) is 6.87. The molecule has 2 N–H and O–H groups in total. The van der Waals surface area contributed by atoms with Gasteiger partial charge < -0.3 is 18.9 Å². The van der Waals surface area contributed by atoms with Gasteiger partial charge in [-0.1, -0.05) is 32.0 Å².